The molecule has 2 bridgehead atoms. The maximum absolute atomic E-state index is 14.0. The zero-order valence-electron chi connectivity index (χ0n) is 19.3. The van der Waals surface area contributed by atoms with Crippen LogP contribution in [0.15, 0.2) is 0 Å². The number of rotatable bonds is 2. The van der Waals surface area contributed by atoms with Crippen molar-refractivity contribution in [2.24, 2.45) is 11.3 Å². The molecule has 0 aromatic carbocycles. The predicted molar refractivity (Wildman–Crippen MR) is 112 cm³/mol. The standard InChI is InChI=1S/C22H34N4O5/c1-20(2,3)22(17(27)25-9-7-8-14(25)12-23)13-10-15(16(11-13)26(22)19(29)30)24-18(28)31-21(4,5)6/h13-16H,7-11H2,1-6H3,(H,24,28)(H,29,30)/t13-,14+,15-,16?,22+/m1/s1. The zero-order valence-corrected chi connectivity index (χ0v) is 19.3. The van der Waals surface area contributed by atoms with E-state index < -0.39 is 46.9 Å². The van der Waals surface area contributed by atoms with Gasteiger partial charge in [0.1, 0.15) is 17.2 Å². The Bertz CT molecular complexity index is 808. The van der Waals surface area contributed by atoms with Gasteiger partial charge in [-0.3, -0.25) is 9.69 Å². The summed E-state index contributed by atoms with van der Waals surface area (Å²) in [6.07, 6.45) is 0.537. The Kier molecular flexibility index (Phi) is 5.66. The Morgan fingerprint density at radius 1 is 1.16 bits per heavy atom. The first-order valence-electron chi connectivity index (χ1n) is 11.0. The second kappa shape index (κ2) is 7.57. The van der Waals surface area contributed by atoms with Crippen LogP contribution in [0.25, 0.3) is 0 Å². The van der Waals surface area contributed by atoms with Crippen LogP contribution in [0.2, 0.25) is 0 Å². The van der Waals surface area contributed by atoms with E-state index in [4.69, 9.17) is 4.74 Å². The lowest BCUT2D eigenvalue weighted by molar-refractivity contribution is -0.157. The highest BCUT2D eigenvalue weighted by molar-refractivity contribution is 5.93. The molecule has 172 valence electrons. The molecule has 0 radical (unpaired) electrons. The third-order valence-corrected chi connectivity index (χ3v) is 6.87. The number of nitrogens with zero attached hydrogens (tertiary/aromatic N) is 3. The van der Waals surface area contributed by atoms with E-state index in [1.807, 2.05) is 20.8 Å². The maximum Gasteiger partial charge on any atom is 0.408 e. The van der Waals surface area contributed by atoms with Crippen molar-refractivity contribution in [3.63, 3.8) is 0 Å². The largest absolute Gasteiger partial charge is 0.465 e. The van der Waals surface area contributed by atoms with Crippen LogP contribution >= 0.6 is 0 Å². The van der Waals surface area contributed by atoms with Crippen LogP contribution < -0.4 is 5.32 Å². The van der Waals surface area contributed by atoms with Crippen LogP contribution in [-0.2, 0) is 9.53 Å². The molecule has 9 nitrogen and oxygen atoms in total. The summed E-state index contributed by atoms with van der Waals surface area (Å²) in [7, 11) is 0. The van der Waals surface area contributed by atoms with Crippen LogP contribution in [-0.4, -0.2) is 68.8 Å². The molecule has 0 spiro atoms. The fraction of sp³-hybridized carbons (Fsp3) is 0.818. The number of carbonyl (C=O) groups is 3. The molecular formula is C22H34N4O5. The average molecular weight is 435 g/mol. The minimum absolute atomic E-state index is 0.263. The fourth-order valence-electron chi connectivity index (χ4n) is 5.94. The smallest absolute Gasteiger partial charge is 0.408 e. The van der Waals surface area contributed by atoms with E-state index in [-0.39, 0.29) is 11.8 Å². The first-order chi connectivity index (χ1) is 14.2. The summed E-state index contributed by atoms with van der Waals surface area (Å²) in [6.45, 7) is 11.4. The molecule has 2 heterocycles. The van der Waals surface area contributed by atoms with Crippen LogP contribution in [0.5, 0.6) is 0 Å². The van der Waals surface area contributed by atoms with E-state index in [0.717, 1.165) is 6.42 Å². The van der Waals surface area contributed by atoms with Crippen LogP contribution in [0.1, 0.15) is 67.2 Å². The molecule has 1 saturated carbocycles. The number of likely N-dealkylation sites (tertiary alicyclic amines) is 2. The molecule has 2 N–H and O–H groups in total. The zero-order chi connectivity index (χ0) is 23.4. The van der Waals surface area contributed by atoms with Gasteiger partial charge in [0.05, 0.1) is 18.2 Å². The number of nitriles is 1. The maximum atomic E-state index is 14.0. The molecule has 3 amide bonds. The molecular weight excluding hydrogens is 400 g/mol. The van der Waals surface area contributed by atoms with Gasteiger partial charge < -0.3 is 20.1 Å². The lowest BCUT2D eigenvalue weighted by atomic mass is 9.64. The topological polar surface area (TPSA) is 123 Å². The Morgan fingerprint density at radius 2 is 1.81 bits per heavy atom. The van der Waals surface area contributed by atoms with Gasteiger partial charge in [0.15, 0.2) is 0 Å². The molecule has 31 heavy (non-hydrogen) atoms. The second-order valence-electron chi connectivity index (χ2n) is 10.9. The third-order valence-electron chi connectivity index (χ3n) is 6.87. The van der Waals surface area contributed by atoms with Gasteiger partial charge in [-0.1, -0.05) is 20.8 Å². The number of nitrogens with one attached hydrogen (secondary N) is 1. The number of carbonyl (C=O) groups excluding carboxylic acids is 2. The molecule has 9 heteroatoms. The summed E-state index contributed by atoms with van der Waals surface area (Å²) in [4.78, 5) is 41.7. The number of hydrogen-bond acceptors (Lipinski definition) is 5. The van der Waals surface area contributed by atoms with E-state index in [9.17, 15) is 24.8 Å². The number of ether oxygens (including phenoxy) is 1. The summed E-state index contributed by atoms with van der Waals surface area (Å²) in [5.41, 5.74) is -2.64. The molecule has 3 rings (SSSR count). The first-order valence-corrected chi connectivity index (χ1v) is 11.0. The summed E-state index contributed by atoms with van der Waals surface area (Å²) in [6, 6.07) is 0.714. The van der Waals surface area contributed by atoms with E-state index in [0.29, 0.717) is 25.8 Å². The SMILES string of the molecule is CC(C)(C)OC(=O)N[C@@H]1C[C@@H]2CC1N(C(=O)O)[C@@]2(C(=O)N1CCC[C@H]1C#N)C(C)(C)C. The van der Waals surface area contributed by atoms with Gasteiger partial charge in [0, 0.05) is 6.54 Å². The highest BCUT2D eigenvalue weighted by atomic mass is 16.6. The molecule has 1 unspecified atom stereocenters. The Labute approximate surface area is 183 Å². The minimum atomic E-state index is -1.28. The number of alkyl carbamates (subject to hydrolysis) is 1. The molecule has 1 aliphatic carbocycles. The van der Waals surface area contributed by atoms with E-state index >= 15 is 0 Å². The van der Waals surface area contributed by atoms with Gasteiger partial charge in [-0.15, -0.1) is 0 Å². The van der Waals surface area contributed by atoms with E-state index in [1.165, 1.54) is 4.90 Å². The number of carboxylic acid groups (broad SMARTS) is 1. The van der Waals surface area contributed by atoms with Gasteiger partial charge in [0.2, 0.25) is 0 Å². The lowest BCUT2D eigenvalue weighted by Crippen LogP contribution is -2.72. The predicted octanol–water partition coefficient (Wildman–Crippen LogP) is 2.95. The molecule has 3 fully saturated rings. The van der Waals surface area contributed by atoms with Crippen molar-refractivity contribution in [1.29, 1.82) is 5.26 Å². The molecule has 2 saturated heterocycles. The number of piperidine rings is 1. The van der Waals surface area contributed by atoms with Crippen molar-refractivity contribution in [2.45, 2.75) is 96.5 Å². The molecule has 0 aromatic heterocycles. The van der Waals surface area contributed by atoms with Crippen LogP contribution in [0.3, 0.4) is 0 Å². The quantitative estimate of drug-likeness (QED) is 0.689. The van der Waals surface area contributed by atoms with Crippen LogP contribution in [0.4, 0.5) is 9.59 Å². The highest BCUT2D eigenvalue weighted by Gasteiger charge is 2.71. The van der Waals surface area contributed by atoms with Gasteiger partial charge >= 0.3 is 12.2 Å². The Morgan fingerprint density at radius 3 is 2.32 bits per heavy atom. The molecule has 2 aliphatic heterocycles. The summed E-state index contributed by atoms with van der Waals surface area (Å²) < 4.78 is 5.35. The lowest BCUT2D eigenvalue weighted by Gasteiger charge is -2.54. The Balaban J connectivity index is 1.96. The van der Waals surface area contributed by atoms with Crippen molar-refractivity contribution in [1.82, 2.24) is 15.1 Å². The van der Waals surface area contributed by atoms with Crippen LogP contribution in [0, 0.1) is 22.7 Å². The fourth-order valence-corrected chi connectivity index (χ4v) is 5.94. The van der Waals surface area contributed by atoms with Crippen molar-refractivity contribution < 1.29 is 24.2 Å². The minimum Gasteiger partial charge on any atom is -0.465 e. The summed E-state index contributed by atoms with van der Waals surface area (Å²) >= 11 is 0. The normalized spacial score (nSPS) is 32.7. The number of fused-ring (bicyclic) bond motifs is 2. The molecule has 3 aliphatic rings. The van der Waals surface area contributed by atoms with Crippen molar-refractivity contribution in [3.8, 4) is 6.07 Å². The van der Waals surface area contributed by atoms with Crippen molar-refractivity contribution >= 4 is 18.1 Å². The average Bonchev–Trinajstić information content (AvgIpc) is 3.30. The summed E-state index contributed by atoms with van der Waals surface area (Å²) in [5, 5.41) is 22.6. The van der Waals surface area contributed by atoms with Gasteiger partial charge in [-0.05, 0) is 57.8 Å². The second-order valence-corrected chi connectivity index (χ2v) is 10.9. The van der Waals surface area contributed by atoms with Crippen molar-refractivity contribution in [2.75, 3.05) is 6.54 Å². The van der Waals surface area contributed by atoms with E-state index in [2.05, 4.69) is 11.4 Å². The van der Waals surface area contributed by atoms with Crippen molar-refractivity contribution in [3.05, 3.63) is 0 Å². The van der Waals surface area contributed by atoms with Gasteiger partial charge in [-0.25, -0.2) is 9.59 Å². The number of amides is 3. The van der Waals surface area contributed by atoms with Gasteiger partial charge in [0.25, 0.3) is 5.91 Å². The molecule has 5 atom stereocenters. The first kappa shape index (κ1) is 23.2. The van der Waals surface area contributed by atoms with Gasteiger partial charge in [-0.2, -0.15) is 5.26 Å². The van der Waals surface area contributed by atoms with E-state index in [1.54, 1.807) is 25.7 Å². The molecule has 0 aromatic rings. The monoisotopic (exact) mass is 434 g/mol. The number of hydrogen-bond donors (Lipinski definition) is 2. The summed E-state index contributed by atoms with van der Waals surface area (Å²) in [5.74, 6) is -0.546. The Hall–Kier alpha value is -2.50. The highest BCUT2D eigenvalue weighted by Crippen LogP contribution is 2.57. The third kappa shape index (κ3) is 3.70.